The highest BCUT2D eigenvalue weighted by atomic mass is 16.4. The molecule has 182 valence electrons. The molecule has 0 heterocycles. The Bertz CT molecular complexity index is 1090. The lowest BCUT2D eigenvalue weighted by atomic mass is 9.38. The molecule has 1 N–H and O–H groups in total. The zero-order valence-electron chi connectivity index (χ0n) is 21.1. The fourth-order valence-electron chi connectivity index (χ4n) is 9.59. The molecule has 5 rings (SSSR count). The first-order valence-corrected chi connectivity index (χ1v) is 13.0. The standard InChI is InChI=1S/C29H37NO4/c1-26(2)22-8-11-28(4)19-7-10-27(3)9-6-16(25(33)34)12-20(27)18(19)13-21(31)23(28)29(22,5)14-17(15-30)24(26)32/h13-14,16,19-20,22-23H,6-12H2,1-5H3,(H,33,34). The maximum absolute atomic E-state index is 14.0. The predicted octanol–water partition coefficient (Wildman–Crippen LogP) is 5.51. The molecule has 8 unspecified atom stereocenters. The molecule has 0 aromatic heterocycles. The van der Waals surface area contributed by atoms with Crippen LogP contribution in [0, 0.1) is 62.6 Å². The Morgan fingerprint density at radius 3 is 2.35 bits per heavy atom. The summed E-state index contributed by atoms with van der Waals surface area (Å²) in [6, 6.07) is 2.13. The van der Waals surface area contributed by atoms with Gasteiger partial charge in [0.15, 0.2) is 11.6 Å². The summed E-state index contributed by atoms with van der Waals surface area (Å²) in [4.78, 5) is 39.0. The lowest BCUT2D eigenvalue weighted by Crippen LogP contribution is -2.62. The number of nitriles is 1. The number of carboxylic acid groups (broad SMARTS) is 1. The zero-order valence-corrected chi connectivity index (χ0v) is 21.1. The second kappa shape index (κ2) is 7.15. The van der Waals surface area contributed by atoms with E-state index < -0.39 is 16.8 Å². The molecular formula is C29H37NO4. The molecule has 5 nitrogen and oxygen atoms in total. The number of nitrogens with zero attached hydrogens (tertiary/aromatic N) is 1. The Hall–Kier alpha value is -2.22. The van der Waals surface area contributed by atoms with Crippen molar-refractivity contribution in [2.75, 3.05) is 0 Å². The van der Waals surface area contributed by atoms with Crippen molar-refractivity contribution in [3.8, 4) is 6.07 Å². The second-order valence-electron chi connectivity index (χ2n) is 13.3. The Morgan fingerprint density at radius 1 is 1.03 bits per heavy atom. The Balaban J connectivity index is 1.62. The van der Waals surface area contributed by atoms with Crippen molar-refractivity contribution in [2.24, 2.45) is 51.2 Å². The number of carboxylic acids is 1. The van der Waals surface area contributed by atoms with Crippen molar-refractivity contribution >= 4 is 17.5 Å². The van der Waals surface area contributed by atoms with Crippen molar-refractivity contribution in [1.29, 1.82) is 5.26 Å². The van der Waals surface area contributed by atoms with Gasteiger partial charge in [-0.3, -0.25) is 14.4 Å². The minimum atomic E-state index is -0.715. The number of hydrogen-bond acceptors (Lipinski definition) is 4. The van der Waals surface area contributed by atoms with Crippen LogP contribution in [0.1, 0.15) is 79.6 Å². The summed E-state index contributed by atoms with van der Waals surface area (Å²) in [5, 5.41) is 19.5. The summed E-state index contributed by atoms with van der Waals surface area (Å²) in [6.45, 7) is 10.6. The highest BCUT2D eigenvalue weighted by molar-refractivity contribution is 6.05. The minimum absolute atomic E-state index is 0.0153. The van der Waals surface area contributed by atoms with Crippen LogP contribution in [0.15, 0.2) is 23.3 Å². The van der Waals surface area contributed by atoms with Crippen molar-refractivity contribution < 1.29 is 19.5 Å². The maximum Gasteiger partial charge on any atom is 0.306 e. The van der Waals surface area contributed by atoms with E-state index >= 15 is 0 Å². The highest BCUT2D eigenvalue weighted by Gasteiger charge is 2.66. The van der Waals surface area contributed by atoms with Gasteiger partial charge >= 0.3 is 5.97 Å². The van der Waals surface area contributed by atoms with E-state index in [9.17, 15) is 24.8 Å². The average Bonchev–Trinajstić information content (AvgIpc) is 2.75. The molecule has 0 saturated heterocycles. The van der Waals surface area contributed by atoms with Crippen LogP contribution in [0.4, 0.5) is 0 Å². The number of carbonyl (C=O) groups excluding carboxylic acids is 2. The molecule has 5 aliphatic rings. The molecule has 0 amide bonds. The zero-order chi connectivity index (χ0) is 24.8. The Kier molecular flexibility index (Phi) is 4.95. The summed E-state index contributed by atoms with van der Waals surface area (Å²) in [5.74, 6) is -0.906. The number of rotatable bonds is 1. The van der Waals surface area contributed by atoms with Crippen LogP contribution in [0.3, 0.4) is 0 Å². The van der Waals surface area contributed by atoms with Crippen molar-refractivity contribution in [2.45, 2.75) is 79.6 Å². The van der Waals surface area contributed by atoms with Gasteiger partial charge in [-0.1, -0.05) is 46.3 Å². The van der Waals surface area contributed by atoms with Crippen molar-refractivity contribution in [1.82, 2.24) is 0 Å². The van der Waals surface area contributed by atoms with E-state index in [1.165, 1.54) is 5.57 Å². The van der Waals surface area contributed by atoms with Crippen LogP contribution in [0.25, 0.3) is 0 Å². The minimum Gasteiger partial charge on any atom is -0.481 e. The van der Waals surface area contributed by atoms with Crippen LogP contribution in [-0.2, 0) is 14.4 Å². The van der Waals surface area contributed by atoms with Gasteiger partial charge in [0.25, 0.3) is 0 Å². The van der Waals surface area contributed by atoms with Gasteiger partial charge in [-0.2, -0.15) is 5.26 Å². The number of aliphatic carboxylic acids is 1. The smallest absolute Gasteiger partial charge is 0.306 e. The van der Waals surface area contributed by atoms with Crippen LogP contribution < -0.4 is 0 Å². The number of fused-ring (bicyclic) bond motifs is 7. The van der Waals surface area contributed by atoms with Crippen molar-refractivity contribution in [3.05, 3.63) is 23.3 Å². The summed E-state index contributed by atoms with van der Waals surface area (Å²) in [5.41, 5.74) is -0.0253. The molecule has 3 fully saturated rings. The fourth-order valence-corrected chi connectivity index (χ4v) is 9.59. The van der Waals surface area contributed by atoms with E-state index in [-0.39, 0.29) is 57.6 Å². The topological polar surface area (TPSA) is 95.2 Å². The molecule has 0 radical (unpaired) electrons. The molecule has 8 atom stereocenters. The van der Waals surface area contributed by atoms with Crippen molar-refractivity contribution in [3.63, 3.8) is 0 Å². The molecule has 3 saturated carbocycles. The molecule has 0 aromatic rings. The third-order valence-corrected chi connectivity index (χ3v) is 11.3. The SMILES string of the molecule is CC12CCC(C(=O)O)CC1C1=CC(=O)C3C4(C)C=C(C#N)C(=O)C(C)(C)C4CCC3(C)C1CC2. The summed E-state index contributed by atoms with van der Waals surface area (Å²) >= 11 is 0. The van der Waals surface area contributed by atoms with Crippen LogP contribution in [-0.4, -0.2) is 22.6 Å². The molecular weight excluding hydrogens is 426 g/mol. The van der Waals surface area contributed by atoms with Gasteiger partial charge in [-0.25, -0.2) is 0 Å². The van der Waals surface area contributed by atoms with Gasteiger partial charge in [-0.05, 0) is 79.6 Å². The monoisotopic (exact) mass is 463 g/mol. The molecule has 0 aromatic carbocycles. The third-order valence-electron chi connectivity index (χ3n) is 11.3. The van der Waals surface area contributed by atoms with Gasteiger partial charge in [-0.15, -0.1) is 0 Å². The number of carbonyl (C=O) groups is 3. The van der Waals surface area contributed by atoms with Gasteiger partial charge in [0, 0.05) is 16.7 Å². The van der Waals surface area contributed by atoms with Gasteiger partial charge in [0.2, 0.25) is 0 Å². The number of ketones is 2. The van der Waals surface area contributed by atoms with Crippen LogP contribution in [0.5, 0.6) is 0 Å². The van der Waals surface area contributed by atoms with E-state index in [0.29, 0.717) is 6.42 Å². The molecule has 5 heteroatoms. The largest absolute Gasteiger partial charge is 0.481 e. The maximum atomic E-state index is 14.0. The molecule has 5 aliphatic carbocycles. The van der Waals surface area contributed by atoms with E-state index in [2.05, 4.69) is 26.8 Å². The number of Topliss-reactive ketones (excluding diaryl/α,β-unsaturated/α-hetero) is 1. The fraction of sp³-hybridized carbons (Fsp3) is 0.724. The van der Waals surface area contributed by atoms with E-state index in [4.69, 9.17) is 0 Å². The first-order chi connectivity index (χ1) is 15.8. The summed E-state index contributed by atoms with van der Waals surface area (Å²) in [7, 11) is 0. The Morgan fingerprint density at radius 2 is 1.71 bits per heavy atom. The molecule has 0 bridgehead atoms. The first kappa shape index (κ1) is 23.5. The molecule has 0 spiro atoms. The van der Waals surface area contributed by atoms with Gasteiger partial charge in [0.05, 0.1) is 11.5 Å². The summed E-state index contributed by atoms with van der Waals surface area (Å²) < 4.78 is 0. The number of allylic oxidation sites excluding steroid dienone is 4. The highest BCUT2D eigenvalue weighted by Crippen LogP contribution is 2.69. The molecule has 34 heavy (non-hydrogen) atoms. The normalized spacial score (nSPS) is 47.1. The van der Waals surface area contributed by atoms with Crippen LogP contribution >= 0.6 is 0 Å². The third kappa shape index (κ3) is 2.87. The quantitative estimate of drug-likeness (QED) is 0.553. The first-order valence-electron chi connectivity index (χ1n) is 13.0. The lowest BCUT2D eigenvalue weighted by molar-refractivity contribution is -0.158. The van der Waals surface area contributed by atoms with E-state index in [1.54, 1.807) is 0 Å². The van der Waals surface area contributed by atoms with E-state index in [0.717, 1.165) is 38.5 Å². The lowest BCUT2D eigenvalue weighted by Gasteiger charge is -2.65. The predicted molar refractivity (Wildman–Crippen MR) is 127 cm³/mol. The van der Waals surface area contributed by atoms with Gasteiger partial charge in [0.1, 0.15) is 6.07 Å². The average molecular weight is 464 g/mol. The van der Waals surface area contributed by atoms with E-state index in [1.807, 2.05) is 26.0 Å². The van der Waals surface area contributed by atoms with Gasteiger partial charge < -0.3 is 5.11 Å². The second-order valence-corrected chi connectivity index (χ2v) is 13.3. The number of hydrogen-bond donors (Lipinski definition) is 1. The van der Waals surface area contributed by atoms with Crippen LogP contribution in [0.2, 0.25) is 0 Å². The summed E-state index contributed by atoms with van der Waals surface area (Å²) in [6.07, 6.45) is 9.80. The Labute approximate surface area is 202 Å². The molecule has 0 aliphatic heterocycles.